The third-order valence-corrected chi connectivity index (χ3v) is 3.72. The Labute approximate surface area is 131 Å². The first-order valence-electron chi connectivity index (χ1n) is 6.37. The second kappa shape index (κ2) is 6.00. The standard InChI is InChI=1S/C15H13ClN4O2/c1-8-4-5-10(6-12(8)16)18-19-13-9(2)11(7-17)14(21)20(3)15(13)22/h4-6,21H,1-3H3. The minimum atomic E-state index is -0.532. The van der Waals surface area contributed by atoms with Gasteiger partial charge in [0.15, 0.2) is 5.69 Å². The lowest BCUT2D eigenvalue weighted by Gasteiger charge is -2.08. The Morgan fingerprint density at radius 3 is 2.59 bits per heavy atom. The summed E-state index contributed by atoms with van der Waals surface area (Å²) in [7, 11) is 1.36. The number of aryl methyl sites for hydroxylation is 1. The van der Waals surface area contributed by atoms with E-state index in [1.165, 1.54) is 14.0 Å². The minimum Gasteiger partial charge on any atom is -0.493 e. The number of benzene rings is 1. The van der Waals surface area contributed by atoms with Crippen LogP contribution < -0.4 is 5.56 Å². The van der Waals surface area contributed by atoms with Crippen molar-refractivity contribution in [1.82, 2.24) is 4.57 Å². The van der Waals surface area contributed by atoms with Crippen molar-refractivity contribution in [2.75, 3.05) is 0 Å². The van der Waals surface area contributed by atoms with Gasteiger partial charge in [-0.05, 0) is 31.5 Å². The van der Waals surface area contributed by atoms with Crippen LogP contribution in [0.25, 0.3) is 0 Å². The predicted octanol–water partition coefficient (Wildman–Crippen LogP) is 3.65. The summed E-state index contributed by atoms with van der Waals surface area (Å²) in [6.45, 7) is 3.40. The van der Waals surface area contributed by atoms with Crippen molar-refractivity contribution in [3.63, 3.8) is 0 Å². The van der Waals surface area contributed by atoms with Gasteiger partial charge in [0.2, 0.25) is 5.88 Å². The van der Waals surface area contributed by atoms with Crippen molar-refractivity contribution in [2.24, 2.45) is 17.3 Å². The fourth-order valence-electron chi connectivity index (χ4n) is 1.87. The quantitative estimate of drug-likeness (QED) is 0.857. The van der Waals surface area contributed by atoms with Gasteiger partial charge in [0.1, 0.15) is 11.6 Å². The van der Waals surface area contributed by atoms with Crippen LogP contribution in [0.1, 0.15) is 16.7 Å². The number of hydrogen-bond acceptors (Lipinski definition) is 5. The maximum absolute atomic E-state index is 12.1. The highest BCUT2D eigenvalue weighted by Gasteiger charge is 2.16. The maximum Gasteiger partial charge on any atom is 0.281 e. The Hall–Kier alpha value is -2.65. The smallest absolute Gasteiger partial charge is 0.281 e. The third-order valence-electron chi connectivity index (χ3n) is 3.31. The maximum atomic E-state index is 12.1. The molecule has 0 aliphatic heterocycles. The first-order valence-corrected chi connectivity index (χ1v) is 6.75. The van der Waals surface area contributed by atoms with Gasteiger partial charge in [-0.2, -0.15) is 10.4 Å². The molecule has 0 bridgehead atoms. The van der Waals surface area contributed by atoms with Crippen molar-refractivity contribution in [3.05, 3.63) is 50.3 Å². The predicted molar refractivity (Wildman–Crippen MR) is 83.2 cm³/mol. The zero-order chi connectivity index (χ0) is 16.4. The monoisotopic (exact) mass is 316 g/mol. The van der Waals surface area contributed by atoms with E-state index in [1.807, 2.05) is 13.0 Å². The molecule has 1 aromatic heterocycles. The van der Waals surface area contributed by atoms with E-state index in [0.29, 0.717) is 10.7 Å². The number of aromatic hydroxyl groups is 1. The topological polar surface area (TPSA) is 90.7 Å². The molecule has 0 spiro atoms. The van der Waals surface area contributed by atoms with Crippen LogP contribution in [0.2, 0.25) is 5.02 Å². The molecule has 1 N–H and O–H groups in total. The highest BCUT2D eigenvalue weighted by atomic mass is 35.5. The van der Waals surface area contributed by atoms with Gasteiger partial charge in [-0.3, -0.25) is 9.36 Å². The number of rotatable bonds is 2. The number of hydrogen-bond donors (Lipinski definition) is 1. The van der Waals surface area contributed by atoms with Gasteiger partial charge in [-0.1, -0.05) is 17.7 Å². The molecule has 0 unspecified atom stereocenters. The van der Waals surface area contributed by atoms with Gasteiger partial charge in [-0.15, -0.1) is 5.11 Å². The Balaban J connectivity index is 2.57. The van der Waals surface area contributed by atoms with Crippen molar-refractivity contribution in [2.45, 2.75) is 13.8 Å². The zero-order valence-corrected chi connectivity index (χ0v) is 13.0. The molecule has 2 rings (SSSR count). The molecule has 22 heavy (non-hydrogen) atoms. The summed E-state index contributed by atoms with van der Waals surface area (Å²) >= 11 is 6.01. The summed E-state index contributed by atoms with van der Waals surface area (Å²) < 4.78 is 0.960. The molecule has 2 aromatic rings. The fourth-order valence-corrected chi connectivity index (χ4v) is 2.05. The van der Waals surface area contributed by atoms with Gasteiger partial charge in [0, 0.05) is 17.6 Å². The first-order chi connectivity index (χ1) is 10.4. The normalized spacial score (nSPS) is 10.9. The lowest BCUT2D eigenvalue weighted by Crippen LogP contribution is -2.18. The third kappa shape index (κ3) is 2.71. The number of nitriles is 1. The molecule has 7 heteroatoms. The molecular formula is C15H13ClN4O2. The lowest BCUT2D eigenvalue weighted by atomic mass is 10.1. The molecule has 0 fully saturated rings. The van der Waals surface area contributed by atoms with Crippen LogP contribution in [-0.2, 0) is 7.05 Å². The summed E-state index contributed by atoms with van der Waals surface area (Å²) in [6, 6.07) is 6.99. The molecule has 0 aliphatic rings. The molecule has 0 atom stereocenters. The van der Waals surface area contributed by atoms with Gasteiger partial charge in [0.05, 0.1) is 5.69 Å². The lowest BCUT2D eigenvalue weighted by molar-refractivity contribution is 0.421. The summed E-state index contributed by atoms with van der Waals surface area (Å²) in [4.78, 5) is 12.1. The molecule has 6 nitrogen and oxygen atoms in total. The number of halogens is 1. The van der Waals surface area contributed by atoms with E-state index in [1.54, 1.807) is 18.2 Å². The number of azo groups is 1. The van der Waals surface area contributed by atoms with Gasteiger partial charge in [-0.25, -0.2) is 0 Å². The Morgan fingerprint density at radius 1 is 1.32 bits per heavy atom. The summed E-state index contributed by atoms with van der Waals surface area (Å²) in [5.74, 6) is -0.387. The van der Waals surface area contributed by atoms with Crippen molar-refractivity contribution < 1.29 is 5.11 Å². The second-order valence-electron chi connectivity index (χ2n) is 4.78. The van der Waals surface area contributed by atoms with E-state index in [-0.39, 0.29) is 22.7 Å². The summed E-state index contributed by atoms with van der Waals surface area (Å²) in [5, 5.41) is 27.3. The van der Waals surface area contributed by atoms with E-state index in [0.717, 1.165) is 10.1 Å². The van der Waals surface area contributed by atoms with Gasteiger partial charge >= 0.3 is 0 Å². The average molecular weight is 317 g/mol. The van der Waals surface area contributed by atoms with Gasteiger partial charge < -0.3 is 5.11 Å². The van der Waals surface area contributed by atoms with Crippen LogP contribution in [0.5, 0.6) is 5.88 Å². The molecule has 0 amide bonds. The molecule has 0 radical (unpaired) electrons. The number of aromatic nitrogens is 1. The van der Waals surface area contributed by atoms with Gasteiger partial charge in [0.25, 0.3) is 5.56 Å². The Morgan fingerprint density at radius 2 is 2.00 bits per heavy atom. The molecule has 0 aliphatic carbocycles. The van der Waals surface area contributed by atoms with E-state index < -0.39 is 5.56 Å². The van der Waals surface area contributed by atoms with Crippen LogP contribution in [0.15, 0.2) is 33.2 Å². The summed E-state index contributed by atoms with van der Waals surface area (Å²) in [6.07, 6.45) is 0. The Bertz CT molecular complexity index is 879. The van der Waals surface area contributed by atoms with Crippen LogP contribution in [0.3, 0.4) is 0 Å². The highest BCUT2D eigenvalue weighted by molar-refractivity contribution is 6.31. The average Bonchev–Trinajstić information content (AvgIpc) is 2.49. The first kappa shape index (κ1) is 15.7. The van der Waals surface area contributed by atoms with E-state index in [9.17, 15) is 9.90 Å². The number of pyridine rings is 1. The van der Waals surface area contributed by atoms with Crippen molar-refractivity contribution >= 4 is 23.0 Å². The second-order valence-corrected chi connectivity index (χ2v) is 5.19. The number of nitrogens with zero attached hydrogens (tertiary/aromatic N) is 4. The minimum absolute atomic E-state index is 0.00186. The SMILES string of the molecule is Cc1ccc(N=Nc2c(C)c(C#N)c(O)n(C)c2=O)cc1Cl. The molecule has 1 heterocycles. The fraction of sp³-hybridized carbons (Fsp3) is 0.200. The molecule has 1 aromatic carbocycles. The molecule has 0 saturated carbocycles. The molecule has 112 valence electrons. The van der Waals surface area contributed by atoms with Crippen molar-refractivity contribution in [3.8, 4) is 11.9 Å². The van der Waals surface area contributed by atoms with Crippen LogP contribution in [0, 0.1) is 25.2 Å². The largest absolute Gasteiger partial charge is 0.493 e. The summed E-state index contributed by atoms with van der Waals surface area (Å²) in [5.41, 5.74) is 1.15. The van der Waals surface area contributed by atoms with Crippen LogP contribution >= 0.6 is 11.6 Å². The zero-order valence-electron chi connectivity index (χ0n) is 12.3. The van der Waals surface area contributed by atoms with E-state index in [2.05, 4.69) is 10.2 Å². The highest BCUT2D eigenvalue weighted by Crippen LogP contribution is 2.27. The molecule has 0 saturated heterocycles. The van der Waals surface area contributed by atoms with Crippen molar-refractivity contribution in [1.29, 1.82) is 5.26 Å². The van der Waals surface area contributed by atoms with E-state index >= 15 is 0 Å². The van der Waals surface area contributed by atoms with Crippen LogP contribution in [-0.4, -0.2) is 9.67 Å². The van der Waals surface area contributed by atoms with Crippen LogP contribution in [0.4, 0.5) is 11.4 Å². The Kier molecular flexibility index (Phi) is 4.29. The van der Waals surface area contributed by atoms with E-state index in [4.69, 9.17) is 16.9 Å². The molecular weight excluding hydrogens is 304 g/mol.